The van der Waals surface area contributed by atoms with Gasteiger partial charge in [0.1, 0.15) is 23.9 Å². The molecule has 0 aromatic heterocycles. The van der Waals surface area contributed by atoms with Crippen molar-refractivity contribution in [2.75, 3.05) is 6.61 Å². The fourth-order valence-corrected chi connectivity index (χ4v) is 9.75. The number of nitrogens with one attached hydrogen (secondary N) is 1. The first-order chi connectivity index (χ1) is 28.1. The molecule has 2 saturated carbocycles. The van der Waals surface area contributed by atoms with Gasteiger partial charge in [-0.3, -0.25) is 19.2 Å². The van der Waals surface area contributed by atoms with Crippen molar-refractivity contribution in [1.29, 1.82) is 0 Å². The molecular formula is C45H53NO14. The highest BCUT2D eigenvalue weighted by atomic mass is 16.6. The Kier molecular flexibility index (Phi) is 12.1. The topological polar surface area (TPSA) is 221 Å². The fraction of sp³-hybridized carbons (Fsp3) is 0.511. The number of ketones is 1. The molecule has 15 heteroatoms. The third-order valence-electron chi connectivity index (χ3n) is 13.2. The Morgan fingerprint density at radius 3 is 2.08 bits per heavy atom. The van der Waals surface area contributed by atoms with Crippen LogP contribution in [-0.2, 0) is 47.7 Å². The molecule has 1 aliphatic heterocycles. The van der Waals surface area contributed by atoms with Crippen molar-refractivity contribution >= 4 is 35.6 Å². The number of ether oxygens (including phenoxy) is 5. The van der Waals surface area contributed by atoms with E-state index in [1.54, 1.807) is 82.3 Å². The lowest BCUT2D eigenvalue weighted by atomic mass is 9.44. The van der Waals surface area contributed by atoms with Crippen molar-refractivity contribution < 1.29 is 67.8 Å². The minimum Gasteiger partial charge on any atom is -0.456 e. The monoisotopic (exact) mass is 831 g/mol. The van der Waals surface area contributed by atoms with Crippen LogP contribution in [0.2, 0.25) is 0 Å². The van der Waals surface area contributed by atoms with Crippen LogP contribution in [-0.4, -0.2) is 105 Å². The second kappa shape index (κ2) is 16.3. The molecule has 0 spiro atoms. The zero-order valence-electron chi connectivity index (χ0n) is 34.9. The number of benzene rings is 2. The van der Waals surface area contributed by atoms with Gasteiger partial charge in [-0.15, -0.1) is 0 Å². The van der Waals surface area contributed by atoms with Gasteiger partial charge >= 0.3 is 23.9 Å². The van der Waals surface area contributed by atoms with Crippen LogP contribution in [0, 0.1) is 16.7 Å². The lowest BCUT2D eigenvalue weighted by Gasteiger charge is -2.67. The summed E-state index contributed by atoms with van der Waals surface area (Å²) in [5.74, 6) is -6.78. The second-order valence-electron chi connectivity index (χ2n) is 17.0. The molecule has 6 rings (SSSR count). The highest BCUT2D eigenvalue weighted by Gasteiger charge is 2.78. The second-order valence-corrected chi connectivity index (χ2v) is 17.0. The summed E-state index contributed by atoms with van der Waals surface area (Å²) in [5.41, 5.74) is -6.91. The summed E-state index contributed by atoms with van der Waals surface area (Å²) in [5, 5.41) is 40.0. The standard InChI is InChI=1S/C45H53NO14/c1-9-23(2)39(52)46-33(27-16-12-10-13-17-27)34(50)41(54)58-29-21-45(55)38(59-40(53)28-18-14-11-15-19-28)36-43(8,30(49)20-31-44(36,22-56-31)60-26(5)48)37(51)35(57-25(4)47)32(24(29)3)42(45,6)7/h9-19,29-31,33-36,38,49-50,55H,20-22H2,1-8H3,(H,46,52)/b23-9-/t29-,30+,31-,33-,34+,35-,36+,38-,43+,44+,45-/m1/s1. The van der Waals surface area contributed by atoms with E-state index in [4.69, 9.17) is 23.7 Å². The molecule has 1 heterocycles. The summed E-state index contributed by atoms with van der Waals surface area (Å²) in [7, 11) is 0. The van der Waals surface area contributed by atoms with Crippen LogP contribution in [0.15, 0.2) is 83.5 Å². The fourth-order valence-electron chi connectivity index (χ4n) is 9.75. The number of aliphatic hydroxyl groups is 3. The lowest BCUT2D eigenvalue weighted by Crippen LogP contribution is -2.82. The van der Waals surface area contributed by atoms with E-state index in [9.17, 15) is 39.3 Å². The SMILES string of the molecule is C/C=C(/C)C(=O)N[C@H](c1ccccc1)[C@H](O)C(=O)O[C@@H]1C[C@@]2(O)[C@H](OC(=O)c3ccccc3)[C@@H]3[C@]4(OC(C)=O)CO[C@@H]4C[C@H](O)[C@]3(C)C(=O)[C@H](OC(C)=O)C(=C1C)C2(C)C. The molecule has 4 N–H and O–H groups in total. The molecule has 4 aliphatic rings. The summed E-state index contributed by atoms with van der Waals surface area (Å²) in [6.45, 7) is 11.2. The van der Waals surface area contributed by atoms with Crippen molar-refractivity contribution in [2.45, 2.75) is 122 Å². The molecule has 322 valence electrons. The third-order valence-corrected chi connectivity index (χ3v) is 13.2. The lowest BCUT2D eigenvalue weighted by molar-refractivity contribution is -0.346. The molecule has 60 heavy (non-hydrogen) atoms. The largest absolute Gasteiger partial charge is 0.456 e. The van der Waals surface area contributed by atoms with Gasteiger partial charge in [-0.1, -0.05) is 68.5 Å². The third kappa shape index (κ3) is 7.24. The Labute approximate surface area is 348 Å². The number of esters is 4. The number of amides is 1. The van der Waals surface area contributed by atoms with E-state index in [0.717, 1.165) is 13.8 Å². The molecule has 1 amide bonds. The number of allylic oxidation sites excluding steroid dienone is 1. The van der Waals surface area contributed by atoms with Gasteiger partial charge in [-0.05, 0) is 56.5 Å². The van der Waals surface area contributed by atoms with Gasteiger partial charge < -0.3 is 44.3 Å². The van der Waals surface area contributed by atoms with Crippen LogP contribution in [0.1, 0.15) is 90.2 Å². The summed E-state index contributed by atoms with van der Waals surface area (Å²) >= 11 is 0. The average Bonchev–Trinajstić information content (AvgIpc) is 3.20. The molecule has 0 unspecified atom stereocenters. The maximum absolute atomic E-state index is 15.4. The quantitative estimate of drug-likeness (QED) is 0.117. The number of hydrogen-bond acceptors (Lipinski definition) is 14. The Hall–Kier alpha value is -5.22. The molecular weight excluding hydrogens is 778 g/mol. The van der Waals surface area contributed by atoms with Gasteiger partial charge in [0.2, 0.25) is 5.91 Å². The molecule has 3 aliphatic carbocycles. The van der Waals surface area contributed by atoms with E-state index in [2.05, 4.69) is 5.32 Å². The Morgan fingerprint density at radius 2 is 1.53 bits per heavy atom. The van der Waals surface area contributed by atoms with Crippen LogP contribution < -0.4 is 5.32 Å². The smallest absolute Gasteiger partial charge is 0.338 e. The van der Waals surface area contributed by atoms with E-state index in [1.165, 1.54) is 26.0 Å². The molecule has 2 aromatic carbocycles. The van der Waals surface area contributed by atoms with Crippen LogP contribution >= 0.6 is 0 Å². The molecule has 3 fully saturated rings. The van der Waals surface area contributed by atoms with Crippen LogP contribution in [0.25, 0.3) is 0 Å². The van der Waals surface area contributed by atoms with Crippen LogP contribution in [0.4, 0.5) is 0 Å². The van der Waals surface area contributed by atoms with Gasteiger partial charge in [0.25, 0.3) is 0 Å². The number of carbonyl (C=O) groups is 6. The highest BCUT2D eigenvalue weighted by molar-refractivity contribution is 5.96. The average molecular weight is 832 g/mol. The number of Topliss-reactive ketones (excluding diaryl/α,β-unsaturated/α-hetero) is 1. The molecule has 15 nitrogen and oxygen atoms in total. The number of rotatable bonds is 10. The van der Waals surface area contributed by atoms with Gasteiger partial charge in [-0.2, -0.15) is 0 Å². The van der Waals surface area contributed by atoms with Crippen molar-refractivity contribution in [2.24, 2.45) is 16.7 Å². The number of carbonyl (C=O) groups excluding carboxylic acids is 6. The van der Waals surface area contributed by atoms with Crippen LogP contribution in [0.3, 0.4) is 0 Å². The zero-order valence-corrected chi connectivity index (χ0v) is 34.9. The number of fused-ring (bicyclic) bond motifs is 5. The summed E-state index contributed by atoms with van der Waals surface area (Å²) in [4.78, 5) is 82.9. The number of hydrogen-bond donors (Lipinski definition) is 4. The first kappa shape index (κ1) is 44.3. The minimum atomic E-state index is -2.38. The van der Waals surface area contributed by atoms with Crippen molar-refractivity contribution in [3.8, 4) is 0 Å². The van der Waals surface area contributed by atoms with E-state index in [0.29, 0.717) is 11.1 Å². The molecule has 2 aromatic rings. The van der Waals surface area contributed by atoms with Gasteiger partial charge in [-0.25, -0.2) is 9.59 Å². The molecule has 2 bridgehead atoms. The number of aliphatic hydroxyl groups excluding tert-OH is 2. The minimum absolute atomic E-state index is 0.00140. The van der Waals surface area contributed by atoms with Crippen molar-refractivity contribution in [1.82, 2.24) is 5.32 Å². The van der Waals surface area contributed by atoms with Crippen molar-refractivity contribution in [3.05, 3.63) is 94.6 Å². The van der Waals surface area contributed by atoms with E-state index in [-0.39, 0.29) is 29.7 Å². The molecule has 11 atom stereocenters. The molecule has 1 saturated heterocycles. The summed E-state index contributed by atoms with van der Waals surface area (Å²) in [6.07, 6.45) is -8.88. The summed E-state index contributed by atoms with van der Waals surface area (Å²) in [6, 6.07) is 14.8. The normalized spacial score (nSPS) is 32.9. The first-order valence-electron chi connectivity index (χ1n) is 19.9. The van der Waals surface area contributed by atoms with Gasteiger partial charge in [0.05, 0.1) is 35.6 Å². The predicted molar refractivity (Wildman–Crippen MR) is 211 cm³/mol. The Bertz CT molecular complexity index is 2110. The predicted octanol–water partition coefficient (Wildman–Crippen LogP) is 3.39. The maximum Gasteiger partial charge on any atom is 0.338 e. The van der Waals surface area contributed by atoms with E-state index < -0.39 is 113 Å². The van der Waals surface area contributed by atoms with E-state index in [1.807, 2.05) is 0 Å². The summed E-state index contributed by atoms with van der Waals surface area (Å²) < 4.78 is 30.2. The Morgan fingerprint density at radius 1 is 0.917 bits per heavy atom. The van der Waals surface area contributed by atoms with E-state index >= 15 is 4.79 Å². The van der Waals surface area contributed by atoms with Gasteiger partial charge in [0.15, 0.2) is 23.6 Å². The van der Waals surface area contributed by atoms with Crippen LogP contribution in [0.5, 0.6) is 0 Å². The highest BCUT2D eigenvalue weighted by Crippen LogP contribution is 2.64. The maximum atomic E-state index is 15.4. The van der Waals surface area contributed by atoms with Gasteiger partial charge in [0, 0.05) is 37.7 Å². The zero-order chi connectivity index (χ0) is 44.1. The van der Waals surface area contributed by atoms with Crippen molar-refractivity contribution in [3.63, 3.8) is 0 Å². The Balaban J connectivity index is 1.56. The first-order valence-corrected chi connectivity index (χ1v) is 19.9. The molecule has 0 radical (unpaired) electrons.